The summed E-state index contributed by atoms with van der Waals surface area (Å²) >= 11 is 0. The first-order chi connectivity index (χ1) is 14.2. The molecule has 7 nitrogen and oxygen atoms in total. The average molecular weight is 428 g/mol. The van der Waals surface area contributed by atoms with Crippen molar-refractivity contribution in [2.45, 2.75) is 26.4 Å². The maximum absolute atomic E-state index is 13.5. The maximum atomic E-state index is 13.5. The Bertz CT molecular complexity index is 1220. The summed E-state index contributed by atoms with van der Waals surface area (Å²) in [5, 5.41) is 4.72. The molecule has 4 rings (SSSR count). The van der Waals surface area contributed by atoms with Gasteiger partial charge >= 0.3 is 0 Å². The minimum absolute atomic E-state index is 0.00121. The van der Waals surface area contributed by atoms with Crippen LogP contribution < -0.4 is 0 Å². The summed E-state index contributed by atoms with van der Waals surface area (Å²) in [5.41, 5.74) is 4.30. The molecule has 0 unspecified atom stereocenters. The van der Waals surface area contributed by atoms with Gasteiger partial charge in [0.05, 0.1) is 25.0 Å². The van der Waals surface area contributed by atoms with Gasteiger partial charge in [0, 0.05) is 36.0 Å². The van der Waals surface area contributed by atoms with E-state index in [1.807, 2.05) is 12.1 Å². The smallest absolute Gasteiger partial charge is 0.211 e. The molecule has 1 aliphatic heterocycles. The molecular formula is C21H21FN4O3S. The predicted octanol–water partition coefficient (Wildman–Crippen LogP) is 2.66. The lowest BCUT2D eigenvalue weighted by Gasteiger charge is -2.26. The van der Waals surface area contributed by atoms with E-state index in [2.05, 4.69) is 4.98 Å². The maximum Gasteiger partial charge on any atom is 0.211 e. The van der Waals surface area contributed by atoms with Crippen molar-refractivity contribution < 1.29 is 17.6 Å². The number of benzene rings is 1. The predicted molar refractivity (Wildman–Crippen MR) is 110 cm³/mol. The number of ketones is 1. The van der Waals surface area contributed by atoms with Gasteiger partial charge in [-0.3, -0.25) is 14.5 Å². The van der Waals surface area contributed by atoms with Crippen molar-refractivity contribution in [3.8, 4) is 22.4 Å². The normalized spacial score (nSPS) is 14.5. The van der Waals surface area contributed by atoms with E-state index in [9.17, 15) is 17.6 Å². The molecule has 3 aromatic rings. The Morgan fingerprint density at radius 3 is 2.53 bits per heavy atom. The molecular weight excluding hydrogens is 407 g/mol. The number of Topliss-reactive ketones (excluding diaryl/α,β-unsaturated/α-hetero) is 1. The third-order valence-corrected chi connectivity index (χ3v) is 6.32. The van der Waals surface area contributed by atoms with Crippen molar-refractivity contribution in [3.63, 3.8) is 0 Å². The van der Waals surface area contributed by atoms with Crippen LogP contribution in [-0.4, -0.2) is 46.1 Å². The molecule has 2 aromatic heterocycles. The Morgan fingerprint density at radius 2 is 1.87 bits per heavy atom. The second-order valence-electron chi connectivity index (χ2n) is 7.41. The molecule has 0 spiro atoms. The summed E-state index contributed by atoms with van der Waals surface area (Å²) in [7, 11) is -3.37. The van der Waals surface area contributed by atoms with Gasteiger partial charge in [0.15, 0.2) is 0 Å². The van der Waals surface area contributed by atoms with Crippen LogP contribution in [0.4, 0.5) is 4.39 Å². The van der Waals surface area contributed by atoms with Gasteiger partial charge in [-0.1, -0.05) is 0 Å². The molecule has 0 atom stereocenters. The topological polar surface area (TPSA) is 85.2 Å². The lowest BCUT2D eigenvalue weighted by Crippen LogP contribution is -2.37. The number of nitrogens with zero attached hydrogens (tertiary/aromatic N) is 4. The first kappa shape index (κ1) is 20.4. The molecule has 0 saturated heterocycles. The number of carbonyl (C=O) groups is 1. The summed E-state index contributed by atoms with van der Waals surface area (Å²) < 4.78 is 41.0. The van der Waals surface area contributed by atoms with E-state index in [-0.39, 0.29) is 24.6 Å². The number of hydrogen-bond donors (Lipinski definition) is 0. The molecule has 9 heteroatoms. The highest BCUT2D eigenvalue weighted by Gasteiger charge is 2.29. The van der Waals surface area contributed by atoms with Crippen molar-refractivity contribution in [3.05, 3.63) is 59.8 Å². The fourth-order valence-corrected chi connectivity index (χ4v) is 4.45. The number of fused-ring (bicyclic) bond motifs is 1. The van der Waals surface area contributed by atoms with Gasteiger partial charge in [-0.25, -0.2) is 12.8 Å². The Balaban J connectivity index is 1.90. The zero-order valence-corrected chi connectivity index (χ0v) is 17.5. The zero-order chi connectivity index (χ0) is 21.5. The monoisotopic (exact) mass is 428 g/mol. The summed E-state index contributed by atoms with van der Waals surface area (Å²) in [5.74, 6) is -0.348. The molecule has 0 radical (unpaired) electrons. The molecule has 0 aliphatic carbocycles. The standard InChI is InChI=1S/C21H21FN4O3S/c1-14(27)11-18-12-16(7-8-23-18)20-19-13-25(30(2,28)29)9-10-26(19)24-21(20)15-3-5-17(22)6-4-15/h3-8,12H,9-11,13H2,1-2H3. The molecule has 0 N–H and O–H groups in total. The van der Waals surface area contributed by atoms with Crippen molar-refractivity contribution in [2.24, 2.45) is 0 Å². The van der Waals surface area contributed by atoms with Crippen molar-refractivity contribution in [1.82, 2.24) is 19.1 Å². The molecule has 1 aliphatic rings. The van der Waals surface area contributed by atoms with E-state index in [4.69, 9.17) is 5.10 Å². The van der Waals surface area contributed by atoms with Crippen LogP contribution in [0.3, 0.4) is 0 Å². The third kappa shape index (κ3) is 4.03. The van der Waals surface area contributed by atoms with Gasteiger partial charge in [-0.15, -0.1) is 0 Å². The lowest BCUT2D eigenvalue weighted by molar-refractivity contribution is -0.116. The Morgan fingerprint density at radius 1 is 1.13 bits per heavy atom. The Hall–Kier alpha value is -2.91. The highest BCUT2D eigenvalue weighted by atomic mass is 32.2. The third-order valence-electron chi connectivity index (χ3n) is 5.07. The Kier molecular flexibility index (Phi) is 5.25. The zero-order valence-electron chi connectivity index (χ0n) is 16.7. The highest BCUT2D eigenvalue weighted by molar-refractivity contribution is 7.88. The fraction of sp³-hybridized carbons (Fsp3) is 0.286. The van der Waals surface area contributed by atoms with E-state index in [1.54, 1.807) is 23.0 Å². The van der Waals surface area contributed by atoms with Crippen LogP contribution in [0.25, 0.3) is 22.4 Å². The molecule has 1 aromatic carbocycles. The molecule has 0 saturated carbocycles. The van der Waals surface area contributed by atoms with Gasteiger partial charge in [0.1, 0.15) is 17.3 Å². The first-order valence-electron chi connectivity index (χ1n) is 9.48. The number of halogens is 1. The van der Waals surface area contributed by atoms with Crippen molar-refractivity contribution >= 4 is 15.8 Å². The van der Waals surface area contributed by atoms with E-state index < -0.39 is 10.0 Å². The van der Waals surface area contributed by atoms with E-state index in [0.29, 0.717) is 24.5 Å². The van der Waals surface area contributed by atoms with Gasteiger partial charge in [-0.05, 0) is 48.9 Å². The minimum Gasteiger partial charge on any atom is -0.300 e. The van der Waals surface area contributed by atoms with Gasteiger partial charge < -0.3 is 0 Å². The highest BCUT2D eigenvalue weighted by Crippen LogP contribution is 2.37. The van der Waals surface area contributed by atoms with Gasteiger partial charge in [0.25, 0.3) is 0 Å². The summed E-state index contributed by atoms with van der Waals surface area (Å²) in [4.78, 5) is 15.8. The SMILES string of the molecule is CC(=O)Cc1cc(-c2c(-c3ccc(F)cc3)nn3c2CN(S(C)(=O)=O)CC3)ccn1. The fourth-order valence-electron chi connectivity index (χ4n) is 3.68. The van der Waals surface area contributed by atoms with E-state index in [1.165, 1.54) is 29.6 Å². The number of sulfonamides is 1. The largest absolute Gasteiger partial charge is 0.300 e. The number of hydrogen-bond acceptors (Lipinski definition) is 5. The number of aromatic nitrogens is 3. The number of pyridine rings is 1. The van der Waals surface area contributed by atoms with Crippen LogP contribution >= 0.6 is 0 Å². The molecule has 0 fully saturated rings. The summed E-state index contributed by atoms with van der Waals surface area (Å²) in [6.07, 6.45) is 3.03. The van der Waals surface area contributed by atoms with E-state index in [0.717, 1.165) is 22.4 Å². The minimum atomic E-state index is -3.37. The molecule has 156 valence electrons. The van der Waals surface area contributed by atoms with Crippen LogP contribution in [0.2, 0.25) is 0 Å². The van der Waals surface area contributed by atoms with Crippen LogP contribution in [0.5, 0.6) is 0 Å². The van der Waals surface area contributed by atoms with Crippen LogP contribution in [0, 0.1) is 5.82 Å². The summed E-state index contributed by atoms with van der Waals surface area (Å²) in [6, 6.07) is 9.68. The summed E-state index contributed by atoms with van der Waals surface area (Å²) in [6.45, 7) is 2.44. The quantitative estimate of drug-likeness (QED) is 0.624. The van der Waals surface area contributed by atoms with Gasteiger partial charge in [0.2, 0.25) is 10.0 Å². The first-order valence-corrected chi connectivity index (χ1v) is 11.3. The van der Waals surface area contributed by atoms with Gasteiger partial charge in [-0.2, -0.15) is 9.40 Å². The second kappa shape index (κ2) is 7.73. The molecule has 3 heterocycles. The lowest BCUT2D eigenvalue weighted by atomic mass is 9.98. The second-order valence-corrected chi connectivity index (χ2v) is 9.39. The van der Waals surface area contributed by atoms with E-state index >= 15 is 0 Å². The molecule has 30 heavy (non-hydrogen) atoms. The molecule has 0 bridgehead atoms. The number of rotatable bonds is 5. The molecule has 0 amide bonds. The average Bonchev–Trinajstić information content (AvgIpc) is 3.06. The van der Waals surface area contributed by atoms with Crippen LogP contribution in [0.15, 0.2) is 42.6 Å². The Labute approximate surface area is 174 Å². The number of carbonyl (C=O) groups excluding carboxylic acids is 1. The van der Waals surface area contributed by atoms with Crippen molar-refractivity contribution in [2.75, 3.05) is 12.8 Å². The van der Waals surface area contributed by atoms with Crippen molar-refractivity contribution in [1.29, 1.82) is 0 Å². The van der Waals surface area contributed by atoms with Crippen LogP contribution in [-0.2, 0) is 34.3 Å². The van der Waals surface area contributed by atoms with Crippen LogP contribution in [0.1, 0.15) is 18.3 Å².